The Labute approximate surface area is 168 Å². The highest BCUT2D eigenvalue weighted by molar-refractivity contribution is 6.38. The lowest BCUT2D eigenvalue weighted by atomic mass is 9.84. The van der Waals surface area contributed by atoms with E-state index in [9.17, 15) is 14.4 Å². The molecule has 156 valence electrons. The van der Waals surface area contributed by atoms with Gasteiger partial charge in [-0.15, -0.1) is 0 Å². The maximum Gasteiger partial charge on any atom is 0.328 e. The third-order valence-electron chi connectivity index (χ3n) is 5.06. The van der Waals surface area contributed by atoms with Gasteiger partial charge < -0.3 is 9.64 Å². The van der Waals surface area contributed by atoms with Gasteiger partial charge in [0.25, 0.3) is 5.91 Å². The van der Waals surface area contributed by atoms with E-state index in [1.807, 2.05) is 32.9 Å². The van der Waals surface area contributed by atoms with E-state index in [-0.39, 0.29) is 0 Å². The molecular weight excluding hydrogens is 356 g/mol. The lowest BCUT2D eigenvalue weighted by molar-refractivity contribution is -0.157. The highest BCUT2D eigenvalue weighted by Crippen LogP contribution is 2.26. The standard InChI is InChI=1S/C20H28N2O4.C2H6/c1-4-20(2,3)17(23)18(24)22-12-6-10-16(22)19(25)26-13-7-9-15-8-5-11-21-14-15;1-2/h5,8,11,14,16H,4,6-7,9-10,12-13H2,1-3H3;1-2H3/t16-;/m0./s1. The number of hydrogen-bond donors (Lipinski definition) is 0. The second kappa shape index (κ2) is 11.6. The van der Waals surface area contributed by atoms with Gasteiger partial charge >= 0.3 is 5.97 Å². The molecule has 6 nitrogen and oxygen atoms in total. The Kier molecular flexibility index (Phi) is 9.83. The predicted octanol–water partition coefficient (Wildman–Crippen LogP) is 3.58. The first kappa shape index (κ1) is 23.8. The molecule has 0 radical (unpaired) electrons. The summed E-state index contributed by atoms with van der Waals surface area (Å²) in [5.74, 6) is -1.41. The Hall–Kier alpha value is -2.24. The molecule has 0 saturated carbocycles. The van der Waals surface area contributed by atoms with Crippen LogP contribution in [0.3, 0.4) is 0 Å². The third kappa shape index (κ3) is 6.43. The molecule has 1 aromatic heterocycles. The van der Waals surface area contributed by atoms with E-state index in [0.29, 0.717) is 38.8 Å². The molecule has 6 heteroatoms. The van der Waals surface area contributed by atoms with Gasteiger partial charge in [-0.1, -0.05) is 40.7 Å². The van der Waals surface area contributed by atoms with Crippen LogP contribution in [0.5, 0.6) is 0 Å². The van der Waals surface area contributed by atoms with E-state index in [4.69, 9.17) is 4.74 Å². The molecule has 0 aliphatic carbocycles. The Bertz CT molecular complexity index is 643. The fourth-order valence-corrected chi connectivity index (χ4v) is 2.93. The number of ether oxygens (including phenoxy) is 1. The summed E-state index contributed by atoms with van der Waals surface area (Å²) in [6.45, 7) is 10.1. The number of aromatic nitrogens is 1. The van der Waals surface area contributed by atoms with Crippen molar-refractivity contribution in [1.82, 2.24) is 9.88 Å². The maximum absolute atomic E-state index is 12.5. The quantitative estimate of drug-likeness (QED) is 0.385. The average Bonchev–Trinajstić information content (AvgIpc) is 3.22. The van der Waals surface area contributed by atoms with Crippen LogP contribution in [0.4, 0.5) is 0 Å². The molecule has 1 aliphatic heterocycles. The minimum atomic E-state index is -0.710. The molecule has 0 bridgehead atoms. The molecule has 0 aromatic carbocycles. The Morgan fingerprint density at radius 2 is 2.00 bits per heavy atom. The molecule has 28 heavy (non-hydrogen) atoms. The van der Waals surface area contributed by atoms with Crippen molar-refractivity contribution in [2.75, 3.05) is 13.2 Å². The zero-order chi connectivity index (χ0) is 21.2. The van der Waals surface area contributed by atoms with Crippen LogP contribution < -0.4 is 0 Å². The molecular formula is C22H34N2O4. The molecule has 0 spiro atoms. The van der Waals surface area contributed by atoms with Crippen LogP contribution in [0, 0.1) is 5.41 Å². The first-order valence-corrected chi connectivity index (χ1v) is 10.3. The number of carbonyl (C=O) groups excluding carboxylic acids is 3. The van der Waals surface area contributed by atoms with E-state index in [0.717, 1.165) is 12.0 Å². The summed E-state index contributed by atoms with van der Waals surface area (Å²) in [7, 11) is 0. The van der Waals surface area contributed by atoms with E-state index in [1.54, 1.807) is 26.2 Å². The topological polar surface area (TPSA) is 76.6 Å². The van der Waals surface area contributed by atoms with Crippen molar-refractivity contribution in [3.63, 3.8) is 0 Å². The molecule has 0 N–H and O–H groups in total. The summed E-state index contributed by atoms with van der Waals surface area (Å²) in [5, 5.41) is 0. The zero-order valence-corrected chi connectivity index (χ0v) is 17.9. The van der Waals surface area contributed by atoms with Crippen molar-refractivity contribution < 1.29 is 19.1 Å². The number of esters is 1. The van der Waals surface area contributed by atoms with Crippen molar-refractivity contribution in [3.8, 4) is 0 Å². The number of hydrogen-bond acceptors (Lipinski definition) is 5. The van der Waals surface area contributed by atoms with Crippen molar-refractivity contribution in [3.05, 3.63) is 30.1 Å². The lowest BCUT2D eigenvalue weighted by Gasteiger charge is -2.27. The number of carbonyl (C=O) groups is 3. The zero-order valence-electron chi connectivity index (χ0n) is 17.9. The van der Waals surface area contributed by atoms with Crippen molar-refractivity contribution >= 4 is 17.7 Å². The Balaban J connectivity index is 0.00000190. The van der Waals surface area contributed by atoms with Gasteiger partial charge in [0.1, 0.15) is 6.04 Å². The minimum Gasteiger partial charge on any atom is -0.464 e. The van der Waals surface area contributed by atoms with E-state index < -0.39 is 29.1 Å². The van der Waals surface area contributed by atoms with E-state index in [2.05, 4.69) is 4.98 Å². The molecule has 1 amide bonds. The largest absolute Gasteiger partial charge is 0.464 e. The van der Waals surface area contributed by atoms with Crippen LogP contribution in [0.15, 0.2) is 24.5 Å². The smallest absolute Gasteiger partial charge is 0.328 e. The summed E-state index contributed by atoms with van der Waals surface area (Å²) in [4.78, 5) is 42.8. The summed E-state index contributed by atoms with van der Waals surface area (Å²) in [5.41, 5.74) is 0.381. The number of Topliss-reactive ketones (excluding diaryl/α,β-unsaturated/α-hetero) is 1. The maximum atomic E-state index is 12.5. The Morgan fingerprint density at radius 1 is 1.29 bits per heavy atom. The second-order valence-corrected chi connectivity index (χ2v) is 7.36. The van der Waals surface area contributed by atoms with E-state index >= 15 is 0 Å². The molecule has 2 heterocycles. The van der Waals surface area contributed by atoms with Crippen LogP contribution >= 0.6 is 0 Å². The normalized spacial score (nSPS) is 16.2. The summed E-state index contributed by atoms with van der Waals surface area (Å²) < 4.78 is 5.36. The molecule has 2 rings (SSSR count). The average molecular weight is 391 g/mol. The summed E-state index contributed by atoms with van der Waals surface area (Å²) in [6, 6.07) is 3.21. The molecule has 0 unspecified atom stereocenters. The number of rotatable bonds is 8. The van der Waals surface area contributed by atoms with E-state index in [1.165, 1.54) is 4.90 Å². The number of pyridine rings is 1. The van der Waals surface area contributed by atoms with Gasteiger partial charge in [0.15, 0.2) is 0 Å². The van der Waals surface area contributed by atoms with Gasteiger partial charge in [-0.25, -0.2) is 4.79 Å². The minimum absolute atomic E-state index is 0.292. The van der Waals surface area contributed by atoms with Crippen LogP contribution in [-0.2, 0) is 25.5 Å². The lowest BCUT2D eigenvalue weighted by Crippen LogP contribution is -2.48. The van der Waals surface area contributed by atoms with Crippen LogP contribution in [-0.4, -0.2) is 46.7 Å². The number of ketones is 1. The van der Waals surface area contributed by atoms with Crippen LogP contribution in [0.2, 0.25) is 0 Å². The Morgan fingerprint density at radius 3 is 2.61 bits per heavy atom. The van der Waals surface area contributed by atoms with Gasteiger partial charge in [-0.05, 0) is 43.7 Å². The number of aryl methyl sites for hydroxylation is 1. The van der Waals surface area contributed by atoms with Gasteiger partial charge in [0.2, 0.25) is 5.78 Å². The molecule has 1 fully saturated rings. The summed E-state index contributed by atoms with van der Waals surface area (Å²) in [6.07, 6.45) is 6.82. The predicted molar refractivity (Wildman–Crippen MR) is 109 cm³/mol. The molecule has 1 saturated heterocycles. The van der Waals surface area contributed by atoms with Crippen LogP contribution in [0.1, 0.15) is 65.9 Å². The van der Waals surface area contributed by atoms with Crippen molar-refractivity contribution in [2.45, 2.75) is 72.8 Å². The fourth-order valence-electron chi connectivity index (χ4n) is 2.93. The van der Waals surface area contributed by atoms with Gasteiger partial charge in [-0.2, -0.15) is 0 Å². The second-order valence-electron chi connectivity index (χ2n) is 7.36. The summed E-state index contributed by atoms with van der Waals surface area (Å²) >= 11 is 0. The van der Waals surface area contributed by atoms with Crippen molar-refractivity contribution in [1.29, 1.82) is 0 Å². The number of likely N-dealkylation sites (tertiary alicyclic amines) is 1. The monoisotopic (exact) mass is 390 g/mol. The molecule has 1 aliphatic rings. The first-order chi connectivity index (χ1) is 13.4. The van der Waals surface area contributed by atoms with Gasteiger partial charge in [-0.3, -0.25) is 14.6 Å². The third-order valence-corrected chi connectivity index (χ3v) is 5.06. The number of amides is 1. The SMILES string of the molecule is CC.CCC(C)(C)C(=O)C(=O)N1CCC[C@H]1C(=O)OCCCc1cccnc1. The highest BCUT2D eigenvalue weighted by Gasteiger charge is 2.41. The van der Waals surface area contributed by atoms with Gasteiger partial charge in [0, 0.05) is 24.4 Å². The number of nitrogens with zero attached hydrogens (tertiary/aromatic N) is 2. The first-order valence-electron chi connectivity index (χ1n) is 10.3. The fraction of sp³-hybridized carbons (Fsp3) is 0.636. The van der Waals surface area contributed by atoms with Crippen molar-refractivity contribution in [2.24, 2.45) is 5.41 Å². The molecule has 1 aromatic rings. The van der Waals surface area contributed by atoms with Gasteiger partial charge in [0.05, 0.1) is 6.61 Å². The highest BCUT2D eigenvalue weighted by atomic mass is 16.5. The molecule has 1 atom stereocenters. The van der Waals surface area contributed by atoms with Crippen LogP contribution in [0.25, 0.3) is 0 Å².